The van der Waals surface area contributed by atoms with Crippen molar-refractivity contribution in [2.75, 3.05) is 0 Å². The van der Waals surface area contributed by atoms with Gasteiger partial charge in [-0.2, -0.15) is 0 Å². The molecule has 0 aliphatic rings. The maximum atomic E-state index is 10.4. The molecule has 0 fully saturated rings. The SMILES string of the molecule is O=CCc1nc(Cl)c2c(O)cccn12. The molecule has 2 aromatic rings. The van der Waals surface area contributed by atoms with Crippen LogP contribution in [-0.2, 0) is 11.2 Å². The van der Waals surface area contributed by atoms with Gasteiger partial charge in [-0.15, -0.1) is 0 Å². The molecule has 0 amide bonds. The van der Waals surface area contributed by atoms with E-state index < -0.39 is 0 Å². The Morgan fingerprint density at radius 2 is 2.43 bits per heavy atom. The summed E-state index contributed by atoms with van der Waals surface area (Å²) in [5.74, 6) is 0.582. The van der Waals surface area contributed by atoms with Gasteiger partial charge in [-0.3, -0.25) is 4.40 Å². The number of carbonyl (C=O) groups is 1. The number of hydrogen-bond donors (Lipinski definition) is 1. The molecule has 0 aliphatic heterocycles. The Morgan fingerprint density at radius 3 is 3.14 bits per heavy atom. The number of fused-ring (bicyclic) bond motifs is 1. The molecular weight excluding hydrogens is 204 g/mol. The summed E-state index contributed by atoms with van der Waals surface area (Å²) in [7, 11) is 0. The minimum Gasteiger partial charge on any atom is -0.506 e. The Hall–Kier alpha value is -1.55. The molecule has 2 heterocycles. The molecule has 0 radical (unpaired) electrons. The van der Waals surface area contributed by atoms with Crippen molar-refractivity contribution in [1.82, 2.24) is 9.38 Å². The number of aromatic hydroxyl groups is 1. The minimum absolute atomic E-state index is 0.0575. The predicted molar refractivity (Wildman–Crippen MR) is 51.6 cm³/mol. The molecule has 0 aliphatic carbocycles. The highest BCUT2D eigenvalue weighted by Gasteiger charge is 2.11. The van der Waals surface area contributed by atoms with Gasteiger partial charge in [0, 0.05) is 6.20 Å². The molecule has 1 N–H and O–H groups in total. The van der Waals surface area contributed by atoms with Gasteiger partial charge in [-0.1, -0.05) is 11.6 Å². The van der Waals surface area contributed by atoms with Crippen molar-refractivity contribution in [1.29, 1.82) is 0 Å². The maximum absolute atomic E-state index is 10.4. The molecule has 5 heteroatoms. The zero-order chi connectivity index (χ0) is 10.1. The summed E-state index contributed by atoms with van der Waals surface area (Å²) < 4.78 is 1.60. The minimum atomic E-state index is 0.0575. The first kappa shape index (κ1) is 9.02. The normalized spacial score (nSPS) is 10.6. The summed E-state index contributed by atoms with van der Waals surface area (Å²) in [5.41, 5.74) is 0.436. The van der Waals surface area contributed by atoms with E-state index in [-0.39, 0.29) is 17.3 Å². The first-order chi connectivity index (χ1) is 6.74. The highest BCUT2D eigenvalue weighted by atomic mass is 35.5. The number of carbonyl (C=O) groups excluding carboxylic acids is 1. The molecular formula is C9H7ClN2O2. The summed E-state index contributed by atoms with van der Waals surface area (Å²) in [4.78, 5) is 14.3. The fourth-order valence-electron chi connectivity index (χ4n) is 1.36. The number of rotatable bonds is 2. The van der Waals surface area contributed by atoms with Crippen molar-refractivity contribution in [2.45, 2.75) is 6.42 Å². The van der Waals surface area contributed by atoms with Gasteiger partial charge in [0.15, 0.2) is 5.15 Å². The van der Waals surface area contributed by atoms with Crippen molar-refractivity contribution in [3.05, 3.63) is 29.3 Å². The van der Waals surface area contributed by atoms with Crippen LogP contribution in [0.5, 0.6) is 5.75 Å². The van der Waals surface area contributed by atoms with Gasteiger partial charge < -0.3 is 9.90 Å². The molecule has 0 aromatic carbocycles. The van der Waals surface area contributed by atoms with Crippen LogP contribution in [0.3, 0.4) is 0 Å². The van der Waals surface area contributed by atoms with Crippen LogP contribution >= 0.6 is 11.6 Å². The lowest BCUT2D eigenvalue weighted by Crippen LogP contribution is -1.94. The molecule has 0 atom stereocenters. The Labute approximate surface area is 84.8 Å². The molecule has 0 unspecified atom stereocenters. The second-order valence-electron chi connectivity index (χ2n) is 2.80. The fraction of sp³-hybridized carbons (Fsp3) is 0.111. The topological polar surface area (TPSA) is 54.6 Å². The number of aromatic nitrogens is 2. The number of nitrogens with zero attached hydrogens (tertiary/aromatic N) is 2. The first-order valence-corrected chi connectivity index (χ1v) is 4.40. The Kier molecular flexibility index (Phi) is 2.13. The third-order valence-corrected chi connectivity index (χ3v) is 2.20. The van der Waals surface area contributed by atoms with Crippen molar-refractivity contribution >= 4 is 23.4 Å². The van der Waals surface area contributed by atoms with Gasteiger partial charge in [0.2, 0.25) is 0 Å². The van der Waals surface area contributed by atoms with Crippen molar-refractivity contribution in [2.24, 2.45) is 0 Å². The second kappa shape index (κ2) is 3.31. The van der Waals surface area contributed by atoms with E-state index in [1.165, 1.54) is 6.07 Å². The lowest BCUT2D eigenvalue weighted by atomic mass is 10.4. The number of halogens is 1. The van der Waals surface area contributed by atoms with E-state index in [4.69, 9.17) is 11.6 Å². The smallest absolute Gasteiger partial charge is 0.158 e. The van der Waals surface area contributed by atoms with Gasteiger partial charge in [-0.25, -0.2) is 4.98 Å². The average Bonchev–Trinajstić information content (AvgIpc) is 2.46. The fourth-order valence-corrected chi connectivity index (χ4v) is 1.64. The standard InChI is InChI=1S/C9H7ClN2O2/c10-9-8-6(14)2-1-4-12(8)7(11-9)3-5-13/h1-2,4-5,14H,3H2. The van der Waals surface area contributed by atoms with Crippen LogP contribution in [0, 0.1) is 0 Å². The zero-order valence-corrected chi connectivity index (χ0v) is 7.90. The molecule has 4 nitrogen and oxygen atoms in total. The van der Waals surface area contributed by atoms with Crippen molar-refractivity contribution in [3.63, 3.8) is 0 Å². The Bertz CT molecular complexity index is 493. The summed E-state index contributed by atoms with van der Waals surface area (Å²) in [5, 5.41) is 9.71. The van der Waals surface area contributed by atoms with E-state index in [0.717, 1.165) is 6.29 Å². The quantitative estimate of drug-likeness (QED) is 0.763. The van der Waals surface area contributed by atoms with Gasteiger partial charge in [0.05, 0.1) is 6.42 Å². The highest BCUT2D eigenvalue weighted by Crippen LogP contribution is 2.26. The number of hydrogen-bond acceptors (Lipinski definition) is 3. The molecule has 14 heavy (non-hydrogen) atoms. The summed E-state index contributed by atoms with van der Waals surface area (Å²) in [6, 6.07) is 3.18. The number of aldehydes is 1. The van der Waals surface area contributed by atoms with Crippen molar-refractivity contribution < 1.29 is 9.90 Å². The molecule has 2 aromatic heterocycles. The molecule has 72 valence electrons. The van der Waals surface area contributed by atoms with Crippen LogP contribution in [0.25, 0.3) is 5.52 Å². The largest absolute Gasteiger partial charge is 0.506 e. The monoisotopic (exact) mass is 210 g/mol. The zero-order valence-electron chi connectivity index (χ0n) is 7.14. The van der Waals surface area contributed by atoms with Gasteiger partial charge in [0.1, 0.15) is 23.4 Å². The van der Waals surface area contributed by atoms with E-state index in [2.05, 4.69) is 4.98 Å². The van der Waals surface area contributed by atoms with Crippen LogP contribution in [-0.4, -0.2) is 20.8 Å². The van der Waals surface area contributed by atoms with Gasteiger partial charge in [-0.05, 0) is 12.1 Å². The second-order valence-corrected chi connectivity index (χ2v) is 3.16. The van der Waals surface area contributed by atoms with E-state index in [0.29, 0.717) is 11.3 Å². The third-order valence-electron chi connectivity index (χ3n) is 1.94. The lowest BCUT2D eigenvalue weighted by Gasteiger charge is -1.98. The highest BCUT2D eigenvalue weighted by molar-refractivity contribution is 6.33. The maximum Gasteiger partial charge on any atom is 0.158 e. The Balaban J connectivity index is 2.77. The van der Waals surface area contributed by atoms with Crippen LogP contribution < -0.4 is 0 Å². The molecule has 0 bridgehead atoms. The van der Waals surface area contributed by atoms with Crippen LogP contribution in [0.2, 0.25) is 5.15 Å². The van der Waals surface area contributed by atoms with E-state index >= 15 is 0 Å². The van der Waals surface area contributed by atoms with Crippen LogP contribution in [0.1, 0.15) is 5.82 Å². The number of imidazole rings is 1. The van der Waals surface area contributed by atoms with E-state index in [1.807, 2.05) is 0 Å². The van der Waals surface area contributed by atoms with Crippen molar-refractivity contribution in [3.8, 4) is 5.75 Å². The first-order valence-electron chi connectivity index (χ1n) is 4.02. The van der Waals surface area contributed by atoms with E-state index in [1.54, 1.807) is 16.7 Å². The van der Waals surface area contributed by atoms with Crippen LogP contribution in [0.4, 0.5) is 0 Å². The van der Waals surface area contributed by atoms with Gasteiger partial charge >= 0.3 is 0 Å². The van der Waals surface area contributed by atoms with E-state index in [9.17, 15) is 9.90 Å². The summed E-state index contributed by atoms with van der Waals surface area (Å²) >= 11 is 5.81. The predicted octanol–water partition coefficient (Wildman–Crippen LogP) is 1.43. The Morgan fingerprint density at radius 1 is 1.64 bits per heavy atom. The molecule has 0 spiro atoms. The number of pyridine rings is 1. The third kappa shape index (κ3) is 1.24. The van der Waals surface area contributed by atoms with Crippen LogP contribution in [0.15, 0.2) is 18.3 Å². The average molecular weight is 211 g/mol. The lowest BCUT2D eigenvalue weighted by molar-refractivity contribution is -0.107. The summed E-state index contributed by atoms with van der Waals surface area (Å²) in [6.45, 7) is 0. The molecule has 0 saturated carbocycles. The molecule has 0 saturated heterocycles. The molecule has 2 rings (SSSR count). The summed E-state index contributed by atoms with van der Waals surface area (Å²) in [6.07, 6.45) is 2.62. The van der Waals surface area contributed by atoms with Gasteiger partial charge in [0.25, 0.3) is 0 Å².